The third-order valence-corrected chi connectivity index (χ3v) is 2.25. The molecule has 1 fully saturated rings. The molecule has 0 radical (unpaired) electrons. The first-order valence-electron chi connectivity index (χ1n) is 4.13. The lowest BCUT2D eigenvalue weighted by atomic mass is 9.89. The van der Waals surface area contributed by atoms with E-state index in [2.05, 4.69) is 0 Å². The van der Waals surface area contributed by atoms with Crippen LogP contribution in [-0.4, -0.2) is 35.4 Å². The number of aliphatic carboxylic acids is 2. The van der Waals surface area contributed by atoms with Crippen LogP contribution in [-0.2, 0) is 14.3 Å². The lowest BCUT2D eigenvalue weighted by Crippen LogP contribution is -2.26. The highest BCUT2D eigenvalue weighted by atomic mass is 16.5. The second-order valence-corrected chi connectivity index (χ2v) is 3.17. The molecule has 0 bridgehead atoms. The number of hydrogen-bond donors (Lipinski definition) is 2. The van der Waals surface area contributed by atoms with Gasteiger partial charge in [0.15, 0.2) is 0 Å². The van der Waals surface area contributed by atoms with Gasteiger partial charge in [-0.1, -0.05) is 0 Å². The monoisotopic (exact) mass is 188 g/mol. The van der Waals surface area contributed by atoms with E-state index in [4.69, 9.17) is 14.9 Å². The molecule has 0 aromatic heterocycles. The minimum atomic E-state index is -1.07. The molecule has 5 nitrogen and oxygen atoms in total. The van der Waals surface area contributed by atoms with E-state index in [1.165, 1.54) is 0 Å². The Labute approximate surface area is 75.3 Å². The van der Waals surface area contributed by atoms with Gasteiger partial charge in [-0.15, -0.1) is 0 Å². The van der Waals surface area contributed by atoms with Crippen molar-refractivity contribution in [1.29, 1.82) is 0 Å². The Morgan fingerprint density at radius 3 is 2.54 bits per heavy atom. The van der Waals surface area contributed by atoms with Gasteiger partial charge in [0.25, 0.3) is 0 Å². The lowest BCUT2D eigenvalue weighted by Gasteiger charge is -2.15. The molecular formula is C8H12O5. The van der Waals surface area contributed by atoms with Gasteiger partial charge in [0.2, 0.25) is 0 Å². The van der Waals surface area contributed by atoms with Gasteiger partial charge in [-0.05, 0) is 12.3 Å². The fourth-order valence-corrected chi connectivity index (χ4v) is 1.51. The molecule has 0 aliphatic carbocycles. The summed E-state index contributed by atoms with van der Waals surface area (Å²) in [6.07, 6.45) is 0.327. The average Bonchev–Trinajstić information content (AvgIpc) is 2.50. The Hall–Kier alpha value is -1.10. The first kappa shape index (κ1) is 9.98. The van der Waals surface area contributed by atoms with Crippen molar-refractivity contribution in [2.45, 2.75) is 12.8 Å². The molecule has 0 spiro atoms. The van der Waals surface area contributed by atoms with Crippen molar-refractivity contribution in [3.05, 3.63) is 0 Å². The molecule has 0 aromatic rings. The van der Waals surface area contributed by atoms with E-state index in [1.54, 1.807) is 0 Å². The molecule has 1 rings (SSSR count). The van der Waals surface area contributed by atoms with Crippen LogP contribution in [0.4, 0.5) is 0 Å². The number of carbonyl (C=O) groups is 2. The molecule has 2 unspecified atom stereocenters. The van der Waals surface area contributed by atoms with Crippen LogP contribution in [0.5, 0.6) is 0 Å². The summed E-state index contributed by atoms with van der Waals surface area (Å²) in [6, 6.07) is 0. The zero-order valence-corrected chi connectivity index (χ0v) is 7.10. The van der Waals surface area contributed by atoms with Gasteiger partial charge in [-0.2, -0.15) is 0 Å². The van der Waals surface area contributed by atoms with Gasteiger partial charge in [0.05, 0.1) is 18.9 Å². The second kappa shape index (κ2) is 4.23. The molecule has 0 saturated carbocycles. The summed E-state index contributed by atoms with van der Waals surface area (Å²) in [4.78, 5) is 21.1. The van der Waals surface area contributed by atoms with Crippen LogP contribution in [0.2, 0.25) is 0 Å². The van der Waals surface area contributed by atoms with Crippen LogP contribution in [0.15, 0.2) is 0 Å². The van der Waals surface area contributed by atoms with Crippen molar-refractivity contribution in [3.8, 4) is 0 Å². The number of carboxylic acids is 2. The van der Waals surface area contributed by atoms with E-state index in [-0.39, 0.29) is 12.3 Å². The van der Waals surface area contributed by atoms with Gasteiger partial charge < -0.3 is 14.9 Å². The average molecular weight is 188 g/mol. The Balaban J connectivity index is 2.55. The van der Waals surface area contributed by atoms with E-state index in [1.807, 2.05) is 0 Å². The summed E-state index contributed by atoms with van der Waals surface area (Å²) in [5.41, 5.74) is 0. The predicted octanol–water partition coefficient (Wildman–Crippen LogP) is 0.198. The summed E-state index contributed by atoms with van der Waals surface area (Å²) < 4.78 is 5.01. The van der Waals surface area contributed by atoms with Gasteiger partial charge in [-0.25, -0.2) is 0 Å². The summed E-state index contributed by atoms with van der Waals surface area (Å²) in [5, 5.41) is 17.3. The number of hydrogen-bond acceptors (Lipinski definition) is 3. The van der Waals surface area contributed by atoms with Gasteiger partial charge in [0, 0.05) is 6.61 Å². The fraction of sp³-hybridized carbons (Fsp3) is 0.750. The van der Waals surface area contributed by atoms with E-state index in [0.717, 1.165) is 0 Å². The quantitative estimate of drug-likeness (QED) is 0.658. The molecule has 1 heterocycles. The molecule has 5 heteroatoms. The molecular weight excluding hydrogens is 176 g/mol. The largest absolute Gasteiger partial charge is 0.481 e. The molecule has 0 amide bonds. The predicted molar refractivity (Wildman–Crippen MR) is 42.3 cm³/mol. The van der Waals surface area contributed by atoms with Crippen molar-refractivity contribution in [1.82, 2.24) is 0 Å². The van der Waals surface area contributed by atoms with E-state index >= 15 is 0 Å². The Morgan fingerprint density at radius 2 is 2.15 bits per heavy atom. The third kappa shape index (κ3) is 2.69. The van der Waals surface area contributed by atoms with Gasteiger partial charge in [-0.3, -0.25) is 9.59 Å². The third-order valence-electron chi connectivity index (χ3n) is 2.25. The summed E-state index contributed by atoms with van der Waals surface area (Å²) in [6.45, 7) is 0.901. The first-order chi connectivity index (χ1) is 6.11. The summed E-state index contributed by atoms with van der Waals surface area (Å²) in [7, 11) is 0. The number of ether oxygens (including phenoxy) is 1. The summed E-state index contributed by atoms with van der Waals surface area (Å²) in [5.74, 6) is -3.06. The molecule has 74 valence electrons. The highest BCUT2D eigenvalue weighted by molar-refractivity contribution is 5.78. The number of carboxylic acid groups (broad SMARTS) is 2. The molecule has 2 atom stereocenters. The fourth-order valence-electron chi connectivity index (χ4n) is 1.51. The zero-order valence-electron chi connectivity index (χ0n) is 7.10. The smallest absolute Gasteiger partial charge is 0.307 e. The topological polar surface area (TPSA) is 83.8 Å². The highest BCUT2D eigenvalue weighted by Gasteiger charge is 2.32. The Bertz CT molecular complexity index is 207. The Morgan fingerprint density at radius 1 is 1.46 bits per heavy atom. The van der Waals surface area contributed by atoms with Crippen LogP contribution in [0, 0.1) is 11.8 Å². The van der Waals surface area contributed by atoms with Crippen LogP contribution in [0.25, 0.3) is 0 Å². The second-order valence-electron chi connectivity index (χ2n) is 3.17. The van der Waals surface area contributed by atoms with E-state index in [9.17, 15) is 9.59 Å². The van der Waals surface area contributed by atoms with Crippen molar-refractivity contribution in [3.63, 3.8) is 0 Å². The van der Waals surface area contributed by atoms with Crippen molar-refractivity contribution in [2.24, 2.45) is 11.8 Å². The Kier molecular flexibility index (Phi) is 3.25. The maximum atomic E-state index is 10.7. The number of rotatable bonds is 4. The standard InChI is InChI=1S/C8H12O5/c9-7(10)3-6(8(11)12)5-1-2-13-4-5/h5-6H,1-4H2,(H,9,10)(H,11,12). The summed E-state index contributed by atoms with van der Waals surface area (Å²) >= 11 is 0. The molecule has 0 aromatic carbocycles. The molecule has 2 N–H and O–H groups in total. The van der Waals surface area contributed by atoms with Crippen molar-refractivity contribution in [2.75, 3.05) is 13.2 Å². The molecule has 1 saturated heterocycles. The SMILES string of the molecule is O=C(O)CC(C(=O)O)C1CCOC1. The molecule has 13 heavy (non-hydrogen) atoms. The van der Waals surface area contributed by atoms with Crippen LogP contribution < -0.4 is 0 Å². The first-order valence-corrected chi connectivity index (χ1v) is 4.13. The maximum absolute atomic E-state index is 10.7. The maximum Gasteiger partial charge on any atom is 0.307 e. The van der Waals surface area contributed by atoms with Crippen LogP contribution in [0.1, 0.15) is 12.8 Å². The van der Waals surface area contributed by atoms with Crippen molar-refractivity contribution >= 4 is 11.9 Å². The van der Waals surface area contributed by atoms with E-state index in [0.29, 0.717) is 19.6 Å². The zero-order chi connectivity index (χ0) is 9.84. The van der Waals surface area contributed by atoms with Gasteiger partial charge >= 0.3 is 11.9 Å². The van der Waals surface area contributed by atoms with Gasteiger partial charge in [0.1, 0.15) is 0 Å². The van der Waals surface area contributed by atoms with Crippen LogP contribution in [0.3, 0.4) is 0 Å². The van der Waals surface area contributed by atoms with Crippen LogP contribution >= 0.6 is 0 Å². The van der Waals surface area contributed by atoms with E-state index < -0.39 is 17.9 Å². The molecule has 1 aliphatic rings. The minimum Gasteiger partial charge on any atom is -0.481 e. The normalized spacial score (nSPS) is 24.2. The van der Waals surface area contributed by atoms with Crippen molar-refractivity contribution < 1.29 is 24.5 Å². The molecule has 1 aliphatic heterocycles. The lowest BCUT2D eigenvalue weighted by molar-refractivity contribution is -0.150. The highest BCUT2D eigenvalue weighted by Crippen LogP contribution is 2.24. The minimum absolute atomic E-state index is 0.145.